The van der Waals surface area contributed by atoms with Crippen LogP contribution >= 0.6 is 0 Å². The molecule has 0 atom stereocenters. The zero-order valence-electron chi connectivity index (χ0n) is 12.6. The van der Waals surface area contributed by atoms with E-state index in [-0.39, 0.29) is 16.4 Å². The van der Waals surface area contributed by atoms with E-state index in [4.69, 9.17) is 0 Å². The van der Waals surface area contributed by atoms with Crippen molar-refractivity contribution in [2.75, 3.05) is 0 Å². The lowest BCUT2D eigenvalue weighted by molar-refractivity contribution is 0.104. The highest BCUT2D eigenvalue weighted by Crippen LogP contribution is 2.20. The zero-order chi connectivity index (χ0) is 16.4. The van der Waals surface area contributed by atoms with Crippen LogP contribution in [0.1, 0.15) is 28.4 Å². The van der Waals surface area contributed by atoms with Crippen LogP contribution < -0.4 is 0 Å². The van der Waals surface area contributed by atoms with Crippen molar-refractivity contribution >= 4 is 21.5 Å². The molecule has 23 heavy (non-hydrogen) atoms. The lowest BCUT2D eigenvalue weighted by Crippen LogP contribution is -2.14. The molecule has 2 aromatic carbocycles. The topological polar surface area (TPSA) is 63.6 Å². The zero-order valence-corrected chi connectivity index (χ0v) is 13.4. The number of hydrogen-bond acceptors (Lipinski definition) is 3. The van der Waals surface area contributed by atoms with Crippen LogP contribution in [0.2, 0.25) is 0 Å². The molecule has 4 nitrogen and oxygen atoms in total. The minimum atomic E-state index is -3.82. The monoisotopic (exact) mass is 325 g/mol. The maximum absolute atomic E-state index is 12.5. The van der Waals surface area contributed by atoms with Crippen LogP contribution in [0.3, 0.4) is 0 Å². The molecule has 0 radical (unpaired) electrons. The minimum absolute atomic E-state index is 0.144. The first-order valence-corrected chi connectivity index (χ1v) is 8.71. The molecular formula is C18H15NO3S. The van der Waals surface area contributed by atoms with Gasteiger partial charge in [0.25, 0.3) is 10.0 Å². The summed E-state index contributed by atoms with van der Waals surface area (Å²) in [6.07, 6.45) is 3.63. The van der Waals surface area contributed by atoms with E-state index in [0.717, 1.165) is 12.0 Å². The van der Waals surface area contributed by atoms with E-state index in [1.807, 2.05) is 6.92 Å². The molecule has 1 aliphatic rings. The minimum Gasteiger partial charge on any atom is -0.289 e. The lowest BCUT2D eigenvalue weighted by Gasteiger charge is -2.11. The first kappa shape index (κ1) is 15.4. The molecule has 0 aliphatic heterocycles. The number of sulfonamides is 1. The molecule has 1 aliphatic carbocycles. The smallest absolute Gasteiger partial charge is 0.282 e. The molecule has 0 heterocycles. The van der Waals surface area contributed by atoms with E-state index in [2.05, 4.69) is 4.40 Å². The summed E-state index contributed by atoms with van der Waals surface area (Å²) in [5.74, 6) is -0.149. The summed E-state index contributed by atoms with van der Waals surface area (Å²) in [6, 6.07) is 13.5. The molecule has 0 saturated carbocycles. The first-order valence-electron chi connectivity index (χ1n) is 7.27. The predicted molar refractivity (Wildman–Crippen MR) is 89.5 cm³/mol. The van der Waals surface area contributed by atoms with Crippen molar-refractivity contribution in [2.45, 2.75) is 18.2 Å². The van der Waals surface area contributed by atoms with Crippen LogP contribution in [-0.2, 0) is 16.4 Å². The van der Waals surface area contributed by atoms with Crippen molar-refractivity contribution in [3.05, 3.63) is 77.4 Å². The second kappa shape index (κ2) is 5.93. The van der Waals surface area contributed by atoms with Crippen molar-refractivity contribution in [3.8, 4) is 0 Å². The van der Waals surface area contributed by atoms with Gasteiger partial charge in [0.05, 0.1) is 10.6 Å². The number of allylic oxidation sites excluding steroid dienone is 2. The average Bonchev–Trinajstić information content (AvgIpc) is 2.58. The Morgan fingerprint density at radius 1 is 0.913 bits per heavy atom. The lowest BCUT2D eigenvalue weighted by atomic mass is 9.95. The van der Waals surface area contributed by atoms with Gasteiger partial charge in [0.15, 0.2) is 5.78 Å². The van der Waals surface area contributed by atoms with Crippen LogP contribution in [0, 0.1) is 0 Å². The Kier molecular flexibility index (Phi) is 3.96. The number of fused-ring (bicyclic) bond motifs is 1. The second-order valence-corrected chi connectivity index (χ2v) is 6.80. The molecule has 116 valence electrons. The van der Waals surface area contributed by atoms with Gasteiger partial charge in [0.2, 0.25) is 0 Å². The van der Waals surface area contributed by atoms with Crippen molar-refractivity contribution in [3.63, 3.8) is 0 Å². The van der Waals surface area contributed by atoms with E-state index in [0.29, 0.717) is 11.1 Å². The molecule has 0 spiro atoms. The molecule has 5 heteroatoms. The third kappa shape index (κ3) is 3.00. The van der Waals surface area contributed by atoms with Crippen LogP contribution in [0.15, 0.2) is 70.0 Å². The summed E-state index contributed by atoms with van der Waals surface area (Å²) in [6.45, 7) is 2.00. The first-order chi connectivity index (χ1) is 11.0. The molecule has 0 amide bonds. The molecule has 0 saturated heterocycles. The Balaban J connectivity index is 2.06. The van der Waals surface area contributed by atoms with Crippen molar-refractivity contribution in [1.29, 1.82) is 0 Å². The third-order valence-electron chi connectivity index (χ3n) is 3.71. The van der Waals surface area contributed by atoms with Gasteiger partial charge >= 0.3 is 0 Å². The highest BCUT2D eigenvalue weighted by molar-refractivity contribution is 7.90. The normalized spacial score (nSPS) is 15.7. The number of carbonyl (C=O) groups is 1. The molecule has 0 bridgehead atoms. The van der Waals surface area contributed by atoms with E-state index < -0.39 is 10.0 Å². The fourth-order valence-corrected chi connectivity index (χ4v) is 3.42. The summed E-state index contributed by atoms with van der Waals surface area (Å²) in [4.78, 5) is 12.0. The molecule has 2 aromatic rings. The largest absolute Gasteiger partial charge is 0.289 e. The van der Waals surface area contributed by atoms with E-state index in [1.54, 1.807) is 48.5 Å². The second-order valence-electron chi connectivity index (χ2n) is 5.19. The Hall–Kier alpha value is -2.53. The quantitative estimate of drug-likeness (QED) is 0.870. The van der Waals surface area contributed by atoms with Crippen molar-refractivity contribution in [1.82, 2.24) is 0 Å². The summed E-state index contributed by atoms with van der Waals surface area (Å²) in [7, 11) is -3.82. The highest BCUT2D eigenvalue weighted by atomic mass is 32.2. The highest BCUT2D eigenvalue weighted by Gasteiger charge is 2.20. The molecule has 0 unspecified atom stereocenters. The summed E-state index contributed by atoms with van der Waals surface area (Å²) < 4.78 is 28.9. The van der Waals surface area contributed by atoms with Gasteiger partial charge < -0.3 is 0 Å². The van der Waals surface area contributed by atoms with Crippen LogP contribution in [0.25, 0.3) is 0 Å². The van der Waals surface area contributed by atoms with Gasteiger partial charge in [-0.3, -0.25) is 4.79 Å². The van der Waals surface area contributed by atoms with Gasteiger partial charge in [-0.05, 0) is 36.3 Å². The number of nitrogens with zero attached hydrogens (tertiary/aromatic N) is 1. The van der Waals surface area contributed by atoms with Gasteiger partial charge in [-0.2, -0.15) is 12.8 Å². The molecule has 3 rings (SSSR count). The Morgan fingerprint density at radius 3 is 2.22 bits per heavy atom. The number of aryl methyl sites for hydroxylation is 1. The Morgan fingerprint density at radius 2 is 1.57 bits per heavy atom. The maximum Gasteiger partial charge on any atom is 0.282 e. The van der Waals surface area contributed by atoms with Gasteiger partial charge in [-0.15, -0.1) is 0 Å². The summed E-state index contributed by atoms with van der Waals surface area (Å²) >= 11 is 0. The average molecular weight is 325 g/mol. The van der Waals surface area contributed by atoms with Gasteiger partial charge in [-0.1, -0.05) is 43.3 Å². The van der Waals surface area contributed by atoms with Gasteiger partial charge in [-0.25, -0.2) is 0 Å². The fraction of sp³-hybridized carbons (Fsp3) is 0.111. The van der Waals surface area contributed by atoms with Crippen LogP contribution in [0.5, 0.6) is 0 Å². The third-order valence-corrected chi connectivity index (χ3v) is 5.01. The van der Waals surface area contributed by atoms with E-state index in [9.17, 15) is 13.2 Å². The SMILES string of the molecule is CCc1ccc(S(=O)(=O)N=C2C=CC(=O)c3ccccc32)cc1. The number of carbonyl (C=O) groups excluding carboxylic acids is 1. The van der Waals surface area contributed by atoms with Crippen molar-refractivity contribution in [2.24, 2.45) is 4.40 Å². The fourth-order valence-electron chi connectivity index (χ4n) is 2.41. The van der Waals surface area contributed by atoms with Crippen LogP contribution in [-0.4, -0.2) is 19.9 Å². The predicted octanol–water partition coefficient (Wildman–Crippen LogP) is 3.18. The Bertz CT molecular complexity index is 923. The standard InChI is InChI=1S/C18H15NO3S/c1-2-13-7-9-14(10-8-13)23(21,22)19-17-11-12-18(20)16-6-4-3-5-15(16)17/h3-12H,2H2,1H3. The number of hydrogen-bond donors (Lipinski definition) is 0. The summed E-state index contributed by atoms with van der Waals surface area (Å²) in [5.41, 5.74) is 2.34. The van der Waals surface area contributed by atoms with Crippen LogP contribution in [0.4, 0.5) is 0 Å². The van der Waals surface area contributed by atoms with E-state index in [1.165, 1.54) is 12.2 Å². The molecule has 0 fully saturated rings. The number of rotatable bonds is 3. The summed E-state index contributed by atoms with van der Waals surface area (Å²) in [5, 5.41) is 0. The van der Waals surface area contributed by atoms with Gasteiger partial charge in [0.1, 0.15) is 0 Å². The molecule has 0 N–H and O–H groups in total. The van der Waals surface area contributed by atoms with E-state index >= 15 is 0 Å². The molecular weight excluding hydrogens is 310 g/mol. The maximum atomic E-state index is 12.5. The number of benzene rings is 2. The van der Waals surface area contributed by atoms with Gasteiger partial charge in [0, 0.05) is 11.1 Å². The Labute approximate surface area is 135 Å². The number of ketones is 1. The van der Waals surface area contributed by atoms with Crippen molar-refractivity contribution < 1.29 is 13.2 Å². The molecule has 0 aromatic heterocycles.